The normalized spacial score (nSPS) is 29.8. The molecule has 2 heterocycles. The molecule has 0 radical (unpaired) electrons. The summed E-state index contributed by atoms with van der Waals surface area (Å²) >= 11 is 0. The number of urea groups is 1. The number of nitrogens with one attached hydrogen (secondary N) is 2. The number of halogens is 6. The molecular formula is C24H30F6N4O4. The second-order valence-corrected chi connectivity index (χ2v) is 10.2. The van der Waals surface area contributed by atoms with E-state index in [1.54, 1.807) is 7.11 Å². The highest BCUT2D eigenvalue weighted by molar-refractivity contribution is 5.86. The van der Waals surface area contributed by atoms with Crippen LogP contribution in [0.3, 0.4) is 0 Å². The predicted octanol–water partition coefficient (Wildman–Crippen LogP) is 2.89. The third kappa shape index (κ3) is 5.86. The number of ether oxygens (including phenoxy) is 2. The highest BCUT2D eigenvalue weighted by Gasteiger charge is 2.58. The van der Waals surface area contributed by atoms with Crippen molar-refractivity contribution < 1.29 is 45.4 Å². The fourth-order valence-electron chi connectivity index (χ4n) is 5.93. The van der Waals surface area contributed by atoms with Gasteiger partial charge in [-0.2, -0.15) is 26.3 Å². The van der Waals surface area contributed by atoms with Crippen LogP contribution in [-0.2, 0) is 33.2 Å². The number of hydrogen-bond donors (Lipinski definition) is 3. The molecule has 3 aliphatic rings. The minimum Gasteiger partial charge on any atom is -0.379 e. The number of benzene rings is 1. The molecule has 38 heavy (non-hydrogen) atoms. The molecule has 0 aromatic heterocycles. The number of alkyl halides is 6. The molecule has 4 N–H and O–H groups in total. The van der Waals surface area contributed by atoms with Gasteiger partial charge in [0.05, 0.1) is 29.3 Å². The van der Waals surface area contributed by atoms with E-state index in [0.29, 0.717) is 44.6 Å². The molecule has 3 fully saturated rings. The van der Waals surface area contributed by atoms with Crippen LogP contribution in [0.15, 0.2) is 18.2 Å². The molecule has 2 aliphatic heterocycles. The molecule has 14 heteroatoms. The Morgan fingerprint density at radius 1 is 1.16 bits per heavy atom. The average molecular weight is 553 g/mol. The van der Waals surface area contributed by atoms with E-state index in [-0.39, 0.29) is 48.8 Å². The first-order valence-corrected chi connectivity index (χ1v) is 12.2. The van der Waals surface area contributed by atoms with Crippen molar-refractivity contribution in [1.82, 2.24) is 15.5 Å². The van der Waals surface area contributed by atoms with Gasteiger partial charge in [-0.25, -0.2) is 4.79 Å². The van der Waals surface area contributed by atoms with Gasteiger partial charge in [-0.1, -0.05) is 0 Å². The number of carbonyl (C=O) groups excluding carboxylic acids is 2. The number of likely N-dealkylation sites (tertiary alicyclic amines) is 1. The average Bonchev–Trinajstić information content (AvgIpc) is 3.37. The molecule has 212 valence electrons. The number of fused-ring (bicyclic) bond motifs is 1. The van der Waals surface area contributed by atoms with Crippen LogP contribution < -0.4 is 16.4 Å². The van der Waals surface area contributed by atoms with E-state index < -0.39 is 47.4 Å². The van der Waals surface area contributed by atoms with Gasteiger partial charge < -0.3 is 30.7 Å². The lowest BCUT2D eigenvalue weighted by Crippen LogP contribution is -2.52. The Kier molecular flexibility index (Phi) is 7.88. The molecule has 8 nitrogen and oxygen atoms in total. The number of nitrogens with two attached hydrogens (primary N) is 1. The van der Waals surface area contributed by atoms with Crippen molar-refractivity contribution in [3.05, 3.63) is 34.9 Å². The van der Waals surface area contributed by atoms with Gasteiger partial charge in [0.15, 0.2) is 0 Å². The Labute approximate surface area is 215 Å². The maximum Gasteiger partial charge on any atom is 0.416 e. The van der Waals surface area contributed by atoms with E-state index in [1.165, 1.54) is 4.90 Å². The summed E-state index contributed by atoms with van der Waals surface area (Å²) in [6.45, 7) is 0.660. The maximum absolute atomic E-state index is 13.5. The number of hydrogen-bond acceptors (Lipinski definition) is 5. The summed E-state index contributed by atoms with van der Waals surface area (Å²) in [5.74, 6) is -0.836. The van der Waals surface area contributed by atoms with Crippen molar-refractivity contribution in [2.75, 3.05) is 33.4 Å². The number of amides is 3. The number of nitrogens with zero attached hydrogens (tertiary/aromatic N) is 1. The molecule has 3 amide bonds. The molecule has 1 aromatic rings. The lowest BCUT2D eigenvalue weighted by Gasteiger charge is -2.34. The first kappa shape index (κ1) is 28.4. The van der Waals surface area contributed by atoms with Crippen molar-refractivity contribution in [3.63, 3.8) is 0 Å². The monoisotopic (exact) mass is 552 g/mol. The Hall–Kier alpha value is -2.58. The zero-order valence-electron chi connectivity index (χ0n) is 20.6. The van der Waals surface area contributed by atoms with Crippen LogP contribution >= 0.6 is 0 Å². The maximum atomic E-state index is 13.5. The van der Waals surface area contributed by atoms with Crippen molar-refractivity contribution >= 4 is 11.9 Å². The first-order valence-electron chi connectivity index (χ1n) is 12.2. The van der Waals surface area contributed by atoms with Gasteiger partial charge in [-0.3, -0.25) is 4.79 Å². The Morgan fingerprint density at radius 2 is 1.82 bits per heavy atom. The van der Waals surface area contributed by atoms with E-state index in [0.717, 1.165) is 0 Å². The third-order valence-electron chi connectivity index (χ3n) is 7.80. The highest BCUT2D eigenvalue weighted by Crippen LogP contribution is 2.49. The van der Waals surface area contributed by atoms with Crippen LogP contribution in [0.5, 0.6) is 0 Å². The van der Waals surface area contributed by atoms with Gasteiger partial charge in [0.2, 0.25) is 5.91 Å². The number of primary amides is 1. The van der Waals surface area contributed by atoms with Crippen LogP contribution in [0.2, 0.25) is 0 Å². The Bertz CT molecular complexity index is 1020. The molecule has 2 saturated heterocycles. The largest absolute Gasteiger partial charge is 0.416 e. The van der Waals surface area contributed by atoms with Crippen molar-refractivity contribution in [2.45, 2.75) is 56.3 Å². The van der Waals surface area contributed by atoms with Crippen LogP contribution in [0, 0.1) is 11.3 Å². The number of methoxy groups -OCH3 is 1. The van der Waals surface area contributed by atoms with Crippen LogP contribution in [0.1, 0.15) is 36.0 Å². The Balaban J connectivity index is 1.52. The topological polar surface area (TPSA) is 106 Å². The SMILES string of the molecule is COC1COCCC1NC1CC2CN(C(N)=O)CC2(C(=O)NCc2cc(C(F)(F)F)cc(C(F)(F)F)c2)C1. The fraction of sp³-hybridized carbons (Fsp3) is 0.667. The van der Waals surface area contributed by atoms with E-state index in [2.05, 4.69) is 10.6 Å². The van der Waals surface area contributed by atoms with Crippen LogP contribution in [0.25, 0.3) is 0 Å². The summed E-state index contributed by atoms with van der Waals surface area (Å²) in [4.78, 5) is 26.7. The first-order chi connectivity index (χ1) is 17.7. The summed E-state index contributed by atoms with van der Waals surface area (Å²) in [6.07, 6.45) is -8.62. The molecule has 1 aliphatic carbocycles. The second-order valence-electron chi connectivity index (χ2n) is 10.2. The summed E-state index contributed by atoms with van der Waals surface area (Å²) in [6, 6.07) is 0.377. The van der Waals surface area contributed by atoms with Crippen molar-refractivity contribution in [1.29, 1.82) is 0 Å². The van der Waals surface area contributed by atoms with Gasteiger partial charge in [-0.05, 0) is 48.9 Å². The van der Waals surface area contributed by atoms with E-state index in [1.807, 2.05) is 0 Å². The molecular weight excluding hydrogens is 522 g/mol. The van der Waals surface area contributed by atoms with Crippen molar-refractivity contribution in [2.24, 2.45) is 17.1 Å². The second kappa shape index (κ2) is 10.5. The predicted molar refractivity (Wildman–Crippen MR) is 122 cm³/mol. The molecule has 0 spiro atoms. The number of rotatable bonds is 6. The van der Waals surface area contributed by atoms with Crippen LogP contribution in [0.4, 0.5) is 31.1 Å². The van der Waals surface area contributed by atoms with E-state index in [4.69, 9.17) is 15.2 Å². The zero-order chi connectivity index (χ0) is 27.9. The summed E-state index contributed by atoms with van der Waals surface area (Å²) < 4.78 is 90.3. The smallest absolute Gasteiger partial charge is 0.379 e. The molecule has 5 unspecified atom stereocenters. The van der Waals surface area contributed by atoms with E-state index in [9.17, 15) is 35.9 Å². The molecule has 1 aromatic carbocycles. The van der Waals surface area contributed by atoms with Gasteiger partial charge in [-0.15, -0.1) is 0 Å². The summed E-state index contributed by atoms with van der Waals surface area (Å²) in [5.41, 5.74) is 1.12. The molecule has 1 saturated carbocycles. The third-order valence-corrected chi connectivity index (χ3v) is 7.80. The van der Waals surface area contributed by atoms with Gasteiger partial charge in [0.1, 0.15) is 0 Å². The highest BCUT2D eigenvalue weighted by atomic mass is 19.4. The minimum absolute atomic E-state index is 0.00882. The minimum atomic E-state index is -4.99. The lowest BCUT2D eigenvalue weighted by atomic mass is 9.79. The van der Waals surface area contributed by atoms with Crippen LogP contribution in [-0.4, -0.2) is 68.4 Å². The van der Waals surface area contributed by atoms with Gasteiger partial charge in [0.25, 0.3) is 0 Å². The lowest BCUT2D eigenvalue weighted by molar-refractivity contribution is -0.143. The summed E-state index contributed by atoms with van der Waals surface area (Å²) in [7, 11) is 1.58. The Morgan fingerprint density at radius 3 is 2.39 bits per heavy atom. The molecule has 5 atom stereocenters. The molecule has 0 bridgehead atoms. The molecule has 4 rings (SSSR count). The number of carbonyl (C=O) groups is 2. The van der Waals surface area contributed by atoms with E-state index >= 15 is 0 Å². The van der Waals surface area contributed by atoms with Gasteiger partial charge in [0, 0.05) is 45.4 Å². The van der Waals surface area contributed by atoms with Crippen molar-refractivity contribution in [3.8, 4) is 0 Å². The van der Waals surface area contributed by atoms with Gasteiger partial charge >= 0.3 is 18.4 Å². The fourth-order valence-corrected chi connectivity index (χ4v) is 5.93. The standard InChI is InChI=1S/C24H30F6N4O4/c1-37-19-11-38-3-2-18(19)33-17-7-16-10-34(21(31)36)12-22(16,8-17)20(35)32-9-13-4-14(23(25,26)27)6-15(5-13)24(28,29)30/h4-6,16-19,33H,2-3,7-12H2,1H3,(H2,31,36)(H,32,35). The quantitative estimate of drug-likeness (QED) is 0.471. The summed E-state index contributed by atoms with van der Waals surface area (Å²) in [5, 5.41) is 6.06. The zero-order valence-corrected chi connectivity index (χ0v) is 20.6.